The normalized spacial score (nSPS) is 12.9. The van der Waals surface area contributed by atoms with Gasteiger partial charge in [-0.25, -0.2) is 9.78 Å². The van der Waals surface area contributed by atoms with E-state index >= 15 is 0 Å². The van der Waals surface area contributed by atoms with Crippen molar-refractivity contribution in [2.24, 2.45) is 0 Å². The molecule has 0 fully saturated rings. The van der Waals surface area contributed by atoms with Gasteiger partial charge in [-0.1, -0.05) is 6.07 Å². The van der Waals surface area contributed by atoms with Crippen LogP contribution in [0.1, 0.15) is 11.4 Å². The Morgan fingerprint density at radius 2 is 1.92 bits per heavy atom. The molecule has 24 heavy (non-hydrogen) atoms. The number of carbonyl (C=O) groups excluding carboxylic acids is 1. The van der Waals surface area contributed by atoms with Crippen LogP contribution in [-0.2, 0) is 13.1 Å². The van der Waals surface area contributed by atoms with E-state index in [-0.39, 0.29) is 6.03 Å². The Morgan fingerprint density at radius 3 is 2.58 bits per heavy atom. The van der Waals surface area contributed by atoms with E-state index < -0.39 is 0 Å². The summed E-state index contributed by atoms with van der Waals surface area (Å²) >= 11 is 1.58. The van der Waals surface area contributed by atoms with Crippen molar-refractivity contribution in [3.05, 3.63) is 53.4 Å². The van der Waals surface area contributed by atoms with Crippen LogP contribution in [-0.4, -0.2) is 25.9 Å². The van der Waals surface area contributed by atoms with Crippen molar-refractivity contribution in [1.82, 2.24) is 19.9 Å². The van der Waals surface area contributed by atoms with Crippen LogP contribution in [0.4, 0.5) is 16.3 Å². The third kappa shape index (κ3) is 2.67. The van der Waals surface area contributed by atoms with Crippen molar-refractivity contribution in [2.75, 3.05) is 11.1 Å². The number of urea groups is 1. The van der Waals surface area contributed by atoms with E-state index in [0.29, 0.717) is 24.6 Å². The Balaban J connectivity index is 1.53. The summed E-state index contributed by atoms with van der Waals surface area (Å²) in [7, 11) is 0. The highest BCUT2D eigenvalue weighted by Crippen LogP contribution is 2.27. The number of amides is 2. The Hall–Kier alpha value is -3.00. The Bertz CT molecular complexity index is 870. The number of nitrogens with zero attached hydrogens (tertiary/aromatic N) is 4. The van der Waals surface area contributed by atoms with Crippen LogP contribution in [0.3, 0.4) is 0 Å². The number of thiophene rings is 1. The molecule has 4 heterocycles. The van der Waals surface area contributed by atoms with Gasteiger partial charge in [0.05, 0.1) is 40.7 Å². The third-order valence-electron chi connectivity index (χ3n) is 3.75. The molecular weight excluding hydrogens is 324 g/mol. The van der Waals surface area contributed by atoms with Crippen LogP contribution in [0.5, 0.6) is 0 Å². The number of nitrogens with two attached hydrogens (primary N) is 1. The number of fused-ring (bicyclic) bond motifs is 1. The number of aromatic nitrogens is 3. The standard InChI is InChI=1S/C16H14N6OS/c17-10-3-4-11(14-2-1-7-24-14)20-15(10)21-16(23)22-8-12-13(9-22)19-6-5-18-12/h1-7H,8-9,17H2,(H,20,21,23). The maximum absolute atomic E-state index is 12.5. The first-order valence-electron chi connectivity index (χ1n) is 7.36. The number of nitrogens with one attached hydrogen (secondary N) is 1. The first-order chi connectivity index (χ1) is 11.7. The van der Waals surface area contributed by atoms with Crippen molar-refractivity contribution in [2.45, 2.75) is 13.1 Å². The van der Waals surface area contributed by atoms with E-state index in [9.17, 15) is 4.79 Å². The summed E-state index contributed by atoms with van der Waals surface area (Å²) in [6, 6.07) is 7.26. The highest BCUT2D eigenvalue weighted by Gasteiger charge is 2.25. The van der Waals surface area contributed by atoms with Crippen molar-refractivity contribution < 1.29 is 4.79 Å². The van der Waals surface area contributed by atoms with Gasteiger partial charge in [0.1, 0.15) is 0 Å². The second kappa shape index (κ2) is 5.89. The lowest BCUT2D eigenvalue weighted by molar-refractivity contribution is 0.212. The van der Waals surface area contributed by atoms with Crippen LogP contribution in [0.15, 0.2) is 42.0 Å². The predicted octanol–water partition coefficient (Wildman–Crippen LogP) is 2.73. The SMILES string of the molecule is Nc1ccc(-c2cccs2)nc1NC(=O)N1Cc2nccnc2C1. The zero-order valence-electron chi connectivity index (χ0n) is 12.6. The average Bonchev–Trinajstić information content (AvgIpc) is 3.26. The van der Waals surface area contributed by atoms with Crippen molar-refractivity contribution in [3.63, 3.8) is 0 Å². The lowest BCUT2D eigenvalue weighted by atomic mass is 10.3. The lowest BCUT2D eigenvalue weighted by Crippen LogP contribution is -2.31. The Labute approximate surface area is 142 Å². The number of anilines is 2. The molecule has 0 spiro atoms. The van der Waals surface area contributed by atoms with E-state index in [1.165, 1.54) is 0 Å². The van der Waals surface area contributed by atoms with Crippen molar-refractivity contribution >= 4 is 28.9 Å². The minimum absolute atomic E-state index is 0.266. The van der Waals surface area contributed by atoms with Gasteiger partial charge in [0.25, 0.3) is 0 Å². The van der Waals surface area contributed by atoms with Gasteiger partial charge < -0.3 is 10.6 Å². The molecule has 0 unspecified atom stereocenters. The molecule has 3 aromatic heterocycles. The summed E-state index contributed by atoms with van der Waals surface area (Å²) < 4.78 is 0. The third-order valence-corrected chi connectivity index (χ3v) is 4.65. The largest absolute Gasteiger partial charge is 0.396 e. The van der Waals surface area contributed by atoms with Crippen LogP contribution in [0.25, 0.3) is 10.6 Å². The molecule has 7 nitrogen and oxygen atoms in total. The molecule has 0 aromatic carbocycles. The number of pyridine rings is 1. The first kappa shape index (κ1) is 14.6. The predicted molar refractivity (Wildman–Crippen MR) is 92.3 cm³/mol. The van der Waals surface area contributed by atoms with Gasteiger partial charge in [-0.2, -0.15) is 0 Å². The molecular formula is C16H14N6OS. The van der Waals surface area contributed by atoms with Crippen molar-refractivity contribution in [3.8, 4) is 10.6 Å². The fraction of sp³-hybridized carbons (Fsp3) is 0.125. The second-order valence-electron chi connectivity index (χ2n) is 5.35. The fourth-order valence-electron chi connectivity index (χ4n) is 2.53. The number of rotatable bonds is 2. The van der Waals surface area contributed by atoms with E-state index in [1.807, 2.05) is 23.6 Å². The second-order valence-corrected chi connectivity index (χ2v) is 6.30. The van der Waals surface area contributed by atoms with Gasteiger partial charge in [0, 0.05) is 12.4 Å². The summed E-state index contributed by atoms with van der Waals surface area (Å²) in [6.45, 7) is 0.860. The van der Waals surface area contributed by atoms with E-state index in [2.05, 4.69) is 20.3 Å². The van der Waals surface area contributed by atoms with E-state index in [1.54, 1.807) is 34.7 Å². The molecule has 2 amide bonds. The summed E-state index contributed by atoms with van der Waals surface area (Å²) in [6.07, 6.45) is 3.26. The quantitative estimate of drug-likeness (QED) is 0.749. The maximum atomic E-state index is 12.5. The van der Waals surface area contributed by atoms with Gasteiger partial charge in [0.15, 0.2) is 5.82 Å². The Kier molecular flexibility index (Phi) is 3.58. The van der Waals surface area contributed by atoms with Crippen molar-refractivity contribution in [1.29, 1.82) is 0 Å². The van der Waals surface area contributed by atoms with Gasteiger partial charge in [-0.3, -0.25) is 15.3 Å². The highest BCUT2D eigenvalue weighted by atomic mass is 32.1. The average molecular weight is 338 g/mol. The maximum Gasteiger partial charge on any atom is 0.323 e. The minimum Gasteiger partial charge on any atom is -0.396 e. The zero-order valence-corrected chi connectivity index (χ0v) is 13.5. The van der Waals surface area contributed by atoms with Gasteiger partial charge in [-0.15, -0.1) is 11.3 Å². The molecule has 1 aliphatic rings. The number of nitrogen functional groups attached to an aromatic ring is 1. The molecule has 8 heteroatoms. The smallest absolute Gasteiger partial charge is 0.323 e. The molecule has 0 aliphatic carbocycles. The monoisotopic (exact) mass is 338 g/mol. The number of hydrogen-bond donors (Lipinski definition) is 2. The summed E-state index contributed by atoms with van der Waals surface area (Å²) in [5, 5.41) is 4.77. The lowest BCUT2D eigenvalue weighted by Gasteiger charge is -2.16. The molecule has 0 atom stereocenters. The fourth-order valence-corrected chi connectivity index (χ4v) is 3.23. The number of carbonyl (C=O) groups is 1. The summed E-state index contributed by atoms with van der Waals surface area (Å²) in [5.74, 6) is 0.364. The molecule has 120 valence electrons. The molecule has 4 rings (SSSR count). The highest BCUT2D eigenvalue weighted by molar-refractivity contribution is 7.13. The molecule has 0 saturated heterocycles. The topological polar surface area (TPSA) is 97.0 Å². The van der Waals surface area contributed by atoms with E-state index in [0.717, 1.165) is 22.0 Å². The molecule has 3 N–H and O–H groups in total. The van der Waals surface area contributed by atoms with Crippen LogP contribution in [0.2, 0.25) is 0 Å². The van der Waals surface area contributed by atoms with E-state index in [4.69, 9.17) is 5.73 Å². The minimum atomic E-state index is -0.266. The first-order valence-corrected chi connectivity index (χ1v) is 8.24. The van der Waals surface area contributed by atoms with Gasteiger partial charge in [0.2, 0.25) is 0 Å². The van der Waals surface area contributed by atoms with Crippen LogP contribution in [0, 0.1) is 0 Å². The van der Waals surface area contributed by atoms with Crippen LogP contribution < -0.4 is 11.1 Å². The van der Waals surface area contributed by atoms with Gasteiger partial charge >= 0.3 is 6.03 Å². The van der Waals surface area contributed by atoms with Gasteiger partial charge in [-0.05, 0) is 23.6 Å². The molecule has 0 bridgehead atoms. The Morgan fingerprint density at radius 1 is 1.17 bits per heavy atom. The molecule has 3 aromatic rings. The molecule has 0 radical (unpaired) electrons. The van der Waals surface area contributed by atoms with Crippen LogP contribution >= 0.6 is 11.3 Å². The molecule has 1 aliphatic heterocycles. The number of hydrogen-bond acceptors (Lipinski definition) is 6. The summed E-state index contributed by atoms with van der Waals surface area (Å²) in [4.78, 5) is 28.1. The molecule has 0 saturated carbocycles. The summed E-state index contributed by atoms with van der Waals surface area (Å²) in [5.41, 5.74) is 8.81. The zero-order chi connectivity index (χ0) is 16.5.